The Bertz CT molecular complexity index is 426. The lowest BCUT2D eigenvalue weighted by Gasteiger charge is -2.29. The van der Waals surface area contributed by atoms with E-state index in [0.717, 1.165) is 12.8 Å². The van der Waals surface area contributed by atoms with Gasteiger partial charge in [-0.15, -0.1) is 0 Å². The summed E-state index contributed by atoms with van der Waals surface area (Å²) in [5.41, 5.74) is 2.76. The van der Waals surface area contributed by atoms with Gasteiger partial charge in [0.2, 0.25) is 0 Å². The maximum Gasteiger partial charge on any atom is 0.0913 e. The van der Waals surface area contributed by atoms with Crippen LogP contribution >= 0.6 is 0 Å². The van der Waals surface area contributed by atoms with Crippen molar-refractivity contribution in [2.24, 2.45) is 10.8 Å². The standard InChI is InChI=1S/C18H26O2/c1-15-5-9-17(3,10-6-15)13-19-20-14-18(4)11-7-16(2)8-12-18/h5-9,11H,10,12-14H2,1-4H3. The Kier molecular flexibility index (Phi) is 4.66. The molecule has 0 amide bonds. The van der Waals surface area contributed by atoms with Crippen molar-refractivity contribution in [1.29, 1.82) is 0 Å². The Balaban J connectivity index is 1.72. The minimum Gasteiger partial charge on any atom is -0.236 e. The zero-order valence-corrected chi connectivity index (χ0v) is 13.1. The molecule has 0 N–H and O–H groups in total. The van der Waals surface area contributed by atoms with Crippen LogP contribution in [0, 0.1) is 10.8 Å². The van der Waals surface area contributed by atoms with Gasteiger partial charge in [-0.05, 0) is 26.7 Å². The largest absolute Gasteiger partial charge is 0.236 e. The second-order valence-corrected chi connectivity index (χ2v) is 6.80. The molecule has 2 rings (SSSR count). The topological polar surface area (TPSA) is 18.5 Å². The van der Waals surface area contributed by atoms with Crippen molar-refractivity contribution in [3.8, 4) is 0 Å². The lowest BCUT2D eigenvalue weighted by molar-refractivity contribution is -0.316. The number of hydrogen-bond acceptors (Lipinski definition) is 2. The molecule has 0 radical (unpaired) electrons. The van der Waals surface area contributed by atoms with E-state index in [1.54, 1.807) is 0 Å². The molecule has 2 aliphatic rings. The minimum atomic E-state index is 0.0549. The van der Waals surface area contributed by atoms with Crippen molar-refractivity contribution in [1.82, 2.24) is 0 Å². The van der Waals surface area contributed by atoms with Crippen LogP contribution in [0.2, 0.25) is 0 Å². The molecule has 2 unspecified atom stereocenters. The molecule has 0 heterocycles. The summed E-state index contributed by atoms with van der Waals surface area (Å²) in [4.78, 5) is 10.9. The van der Waals surface area contributed by atoms with Crippen molar-refractivity contribution < 1.29 is 9.78 Å². The van der Waals surface area contributed by atoms with E-state index in [1.165, 1.54) is 11.1 Å². The van der Waals surface area contributed by atoms with E-state index in [-0.39, 0.29) is 10.8 Å². The molecule has 0 aromatic rings. The lowest BCUT2D eigenvalue weighted by Crippen LogP contribution is -2.26. The van der Waals surface area contributed by atoms with E-state index >= 15 is 0 Å². The highest BCUT2D eigenvalue weighted by Gasteiger charge is 2.25. The minimum absolute atomic E-state index is 0.0549. The van der Waals surface area contributed by atoms with Crippen LogP contribution in [-0.2, 0) is 9.78 Å². The summed E-state index contributed by atoms with van der Waals surface area (Å²) in [7, 11) is 0. The number of allylic oxidation sites excluding steroid dienone is 6. The van der Waals surface area contributed by atoms with Crippen LogP contribution in [0.3, 0.4) is 0 Å². The quantitative estimate of drug-likeness (QED) is 0.409. The zero-order valence-electron chi connectivity index (χ0n) is 13.1. The number of hydrogen-bond donors (Lipinski definition) is 0. The highest BCUT2D eigenvalue weighted by molar-refractivity contribution is 5.25. The third-order valence-corrected chi connectivity index (χ3v) is 4.14. The molecule has 0 saturated heterocycles. The third-order valence-electron chi connectivity index (χ3n) is 4.14. The van der Waals surface area contributed by atoms with Crippen molar-refractivity contribution in [3.63, 3.8) is 0 Å². The van der Waals surface area contributed by atoms with Gasteiger partial charge in [0.05, 0.1) is 13.2 Å². The maximum absolute atomic E-state index is 5.47. The summed E-state index contributed by atoms with van der Waals surface area (Å²) >= 11 is 0. The summed E-state index contributed by atoms with van der Waals surface area (Å²) in [6.45, 7) is 9.84. The molecule has 2 nitrogen and oxygen atoms in total. The van der Waals surface area contributed by atoms with E-state index < -0.39 is 0 Å². The molecular formula is C18H26O2. The van der Waals surface area contributed by atoms with Gasteiger partial charge in [0.1, 0.15) is 0 Å². The van der Waals surface area contributed by atoms with Crippen molar-refractivity contribution >= 4 is 0 Å². The fourth-order valence-electron chi connectivity index (χ4n) is 2.29. The average Bonchev–Trinajstić information content (AvgIpc) is 2.43. The highest BCUT2D eigenvalue weighted by atomic mass is 17.2. The fourth-order valence-corrected chi connectivity index (χ4v) is 2.29. The van der Waals surface area contributed by atoms with Gasteiger partial charge in [-0.2, -0.15) is 0 Å². The molecule has 0 bridgehead atoms. The zero-order chi connectivity index (χ0) is 14.6. The van der Waals surface area contributed by atoms with Gasteiger partial charge in [0.25, 0.3) is 0 Å². The molecule has 110 valence electrons. The normalized spacial score (nSPS) is 33.0. The van der Waals surface area contributed by atoms with E-state index in [4.69, 9.17) is 9.78 Å². The van der Waals surface area contributed by atoms with Crippen molar-refractivity contribution in [2.75, 3.05) is 13.2 Å². The van der Waals surface area contributed by atoms with Gasteiger partial charge in [-0.1, -0.05) is 61.4 Å². The van der Waals surface area contributed by atoms with E-state index in [9.17, 15) is 0 Å². The predicted octanol–water partition coefficient (Wildman–Crippen LogP) is 4.76. The van der Waals surface area contributed by atoms with Gasteiger partial charge in [0, 0.05) is 10.8 Å². The maximum atomic E-state index is 5.47. The van der Waals surface area contributed by atoms with Gasteiger partial charge in [0.15, 0.2) is 0 Å². The van der Waals surface area contributed by atoms with Crippen molar-refractivity contribution in [2.45, 2.75) is 40.5 Å². The Morgan fingerprint density at radius 2 is 1.25 bits per heavy atom. The summed E-state index contributed by atoms with van der Waals surface area (Å²) in [6.07, 6.45) is 15.3. The van der Waals surface area contributed by atoms with Crippen LogP contribution in [0.1, 0.15) is 40.5 Å². The molecule has 0 saturated carbocycles. The first-order valence-corrected chi connectivity index (χ1v) is 7.37. The Hall–Kier alpha value is -1.12. The van der Waals surface area contributed by atoms with Crippen LogP contribution in [0.5, 0.6) is 0 Å². The molecule has 2 atom stereocenters. The fraction of sp³-hybridized carbons (Fsp3) is 0.556. The molecule has 2 heteroatoms. The third kappa shape index (κ3) is 4.19. The van der Waals surface area contributed by atoms with E-state index in [2.05, 4.69) is 64.2 Å². The smallest absolute Gasteiger partial charge is 0.0913 e. The predicted molar refractivity (Wildman–Crippen MR) is 83.1 cm³/mol. The first-order chi connectivity index (χ1) is 9.41. The molecule has 0 spiro atoms. The van der Waals surface area contributed by atoms with Gasteiger partial charge >= 0.3 is 0 Å². The van der Waals surface area contributed by atoms with Crippen LogP contribution in [0.25, 0.3) is 0 Å². The average molecular weight is 274 g/mol. The monoisotopic (exact) mass is 274 g/mol. The Labute approximate surface area is 122 Å². The Morgan fingerprint density at radius 1 is 0.850 bits per heavy atom. The van der Waals surface area contributed by atoms with Gasteiger partial charge in [-0.3, -0.25) is 0 Å². The lowest BCUT2D eigenvalue weighted by atomic mass is 9.83. The van der Waals surface area contributed by atoms with Gasteiger partial charge < -0.3 is 0 Å². The first kappa shape index (κ1) is 15.3. The highest BCUT2D eigenvalue weighted by Crippen LogP contribution is 2.31. The molecule has 0 aromatic heterocycles. The van der Waals surface area contributed by atoms with Crippen LogP contribution < -0.4 is 0 Å². The van der Waals surface area contributed by atoms with E-state index in [1.807, 2.05) is 0 Å². The second kappa shape index (κ2) is 6.11. The second-order valence-electron chi connectivity index (χ2n) is 6.80. The van der Waals surface area contributed by atoms with Crippen LogP contribution in [-0.4, -0.2) is 13.2 Å². The molecular weight excluding hydrogens is 248 g/mol. The molecule has 20 heavy (non-hydrogen) atoms. The molecule has 0 aromatic carbocycles. The summed E-state index contributed by atoms with van der Waals surface area (Å²) in [6, 6.07) is 0. The summed E-state index contributed by atoms with van der Waals surface area (Å²) in [5.74, 6) is 0. The van der Waals surface area contributed by atoms with Crippen LogP contribution in [0.4, 0.5) is 0 Å². The molecule has 0 fully saturated rings. The summed E-state index contributed by atoms with van der Waals surface area (Å²) in [5, 5.41) is 0. The molecule has 0 aliphatic heterocycles. The molecule has 2 aliphatic carbocycles. The van der Waals surface area contributed by atoms with Crippen LogP contribution in [0.15, 0.2) is 47.6 Å². The first-order valence-electron chi connectivity index (χ1n) is 7.37. The summed E-state index contributed by atoms with van der Waals surface area (Å²) < 4.78 is 0. The SMILES string of the molecule is CC1=CCC(C)(COOCC2(C)C=CC(C)=CC2)C=C1. The van der Waals surface area contributed by atoms with Gasteiger partial charge in [-0.25, -0.2) is 9.78 Å². The van der Waals surface area contributed by atoms with Crippen molar-refractivity contribution in [3.05, 3.63) is 47.6 Å². The number of rotatable bonds is 5. The Morgan fingerprint density at radius 3 is 1.55 bits per heavy atom. The van der Waals surface area contributed by atoms with E-state index in [0.29, 0.717) is 13.2 Å².